The number of rotatable bonds is 7. The molecule has 1 aliphatic heterocycles. The van der Waals surface area contributed by atoms with Crippen molar-refractivity contribution in [3.05, 3.63) is 78.6 Å². The zero-order valence-corrected chi connectivity index (χ0v) is 18.2. The highest BCUT2D eigenvalue weighted by Crippen LogP contribution is 2.27. The van der Waals surface area contributed by atoms with Crippen LogP contribution in [0, 0.1) is 5.92 Å². The number of nitrogens with one attached hydrogen (secondary N) is 2. The second-order valence-electron chi connectivity index (χ2n) is 7.59. The number of carbonyl (C=O) groups excluding carboxylic acids is 3. The summed E-state index contributed by atoms with van der Waals surface area (Å²) in [7, 11) is 0. The number of hydrogen-bond donors (Lipinski definition) is 2. The fraction of sp³-hybridized carbons (Fsp3) is 0.200. The first-order chi connectivity index (χ1) is 16.0. The lowest BCUT2D eigenvalue weighted by atomic mass is 10.1. The maximum atomic E-state index is 12.7. The van der Waals surface area contributed by atoms with E-state index in [9.17, 15) is 14.4 Å². The van der Waals surface area contributed by atoms with E-state index in [1.807, 2.05) is 31.2 Å². The summed E-state index contributed by atoms with van der Waals surface area (Å²) in [5.74, 6) is -0.322. The fourth-order valence-corrected chi connectivity index (χ4v) is 3.61. The molecule has 8 nitrogen and oxygen atoms in total. The van der Waals surface area contributed by atoms with Gasteiger partial charge in [-0.2, -0.15) is 0 Å². The van der Waals surface area contributed by atoms with Crippen LogP contribution in [0.5, 0.6) is 5.75 Å². The van der Waals surface area contributed by atoms with Gasteiger partial charge in [-0.05, 0) is 67.6 Å². The molecule has 3 aromatic rings. The molecule has 168 valence electrons. The Bertz CT molecular complexity index is 1130. The molecule has 1 aromatic heterocycles. The molecule has 0 radical (unpaired) electrons. The second-order valence-corrected chi connectivity index (χ2v) is 7.59. The average molecular weight is 444 g/mol. The van der Waals surface area contributed by atoms with Gasteiger partial charge in [0.1, 0.15) is 5.75 Å². The van der Waals surface area contributed by atoms with Gasteiger partial charge in [-0.15, -0.1) is 0 Å². The van der Waals surface area contributed by atoms with Gasteiger partial charge in [0.15, 0.2) is 0 Å². The zero-order valence-electron chi connectivity index (χ0n) is 18.2. The minimum Gasteiger partial charge on any atom is -0.494 e. The van der Waals surface area contributed by atoms with Gasteiger partial charge in [0.2, 0.25) is 11.8 Å². The second kappa shape index (κ2) is 9.95. The van der Waals surface area contributed by atoms with Crippen molar-refractivity contribution in [2.24, 2.45) is 5.92 Å². The predicted octanol–water partition coefficient (Wildman–Crippen LogP) is 3.72. The molecule has 0 spiro atoms. The van der Waals surface area contributed by atoms with Crippen molar-refractivity contribution in [1.82, 2.24) is 4.98 Å². The van der Waals surface area contributed by atoms with E-state index in [2.05, 4.69) is 15.6 Å². The Balaban J connectivity index is 1.34. The number of hydrogen-bond acceptors (Lipinski definition) is 5. The lowest BCUT2D eigenvalue weighted by molar-refractivity contribution is -0.122. The molecule has 0 unspecified atom stereocenters. The standard InChI is InChI=1S/C25H24N4O4/c1-2-33-22-11-9-21(10-12-22)29-16-18(14-23(29)30)25(32)27-19-7-5-17(6-8-19)24(31)28-20-4-3-13-26-15-20/h3-13,15,18H,2,14,16H2,1H3,(H,27,32)(H,28,31)/t18-/m1/s1. The molecule has 8 heteroatoms. The highest BCUT2D eigenvalue weighted by atomic mass is 16.5. The topological polar surface area (TPSA) is 101 Å². The first-order valence-corrected chi connectivity index (χ1v) is 10.7. The Morgan fingerprint density at radius 3 is 2.45 bits per heavy atom. The summed E-state index contributed by atoms with van der Waals surface area (Å²) in [4.78, 5) is 43.2. The van der Waals surface area contributed by atoms with E-state index in [4.69, 9.17) is 4.74 Å². The van der Waals surface area contributed by atoms with Crippen molar-refractivity contribution in [3.8, 4) is 5.75 Å². The normalized spacial score (nSPS) is 15.2. The number of ether oxygens (including phenoxy) is 1. The maximum Gasteiger partial charge on any atom is 0.255 e. The summed E-state index contributed by atoms with van der Waals surface area (Å²) in [6.45, 7) is 2.79. The van der Waals surface area contributed by atoms with Gasteiger partial charge in [0.05, 0.1) is 24.4 Å². The van der Waals surface area contributed by atoms with Gasteiger partial charge in [-0.3, -0.25) is 19.4 Å². The van der Waals surface area contributed by atoms with Crippen LogP contribution in [0.1, 0.15) is 23.7 Å². The van der Waals surface area contributed by atoms with Crippen molar-refractivity contribution >= 4 is 34.8 Å². The third kappa shape index (κ3) is 5.35. The first kappa shape index (κ1) is 22.0. The van der Waals surface area contributed by atoms with Crippen LogP contribution in [0.4, 0.5) is 17.1 Å². The molecule has 3 amide bonds. The van der Waals surface area contributed by atoms with Crippen LogP contribution < -0.4 is 20.3 Å². The lowest BCUT2D eigenvalue weighted by Gasteiger charge is -2.17. The van der Waals surface area contributed by atoms with Crippen molar-refractivity contribution in [2.45, 2.75) is 13.3 Å². The first-order valence-electron chi connectivity index (χ1n) is 10.7. The number of amides is 3. The molecule has 0 aliphatic carbocycles. The molecule has 2 aromatic carbocycles. The largest absolute Gasteiger partial charge is 0.494 e. The zero-order chi connectivity index (χ0) is 23.2. The van der Waals surface area contributed by atoms with Gasteiger partial charge < -0.3 is 20.3 Å². The molecule has 2 N–H and O–H groups in total. The molecule has 4 rings (SSSR count). The van der Waals surface area contributed by atoms with Gasteiger partial charge in [-0.25, -0.2) is 0 Å². The molecule has 1 fully saturated rings. The summed E-state index contributed by atoms with van der Waals surface area (Å²) in [5, 5.41) is 5.60. The molecule has 1 aliphatic rings. The number of benzene rings is 2. The smallest absolute Gasteiger partial charge is 0.255 e. The van der Waals surface area contributed by atoms with E-state index in [0.717, 1.165) is 11.4 Å². The highest BCUT2D eigenvalue weighted by molar-refractivity contribution is 6.05. The van der Waals surface area contributed by atoms with E-state index in [0.29, 0.717) is 30.1 Å². The van der Waals surface area contributed by atoms with E-state index in [-0.39, 0.29) is 24.1 Å². The number of aromatic nitrogens is 1. The van der Waals surface area contributed by atoms with Gasteiger partial charge >= 0.3 is 0 Å². The molecule has 1 saturated heterocycles. The van der Waals surface area contributed by atoms with Crippen LogP contribution >= 0.6 is 0 Å². The molecule has 0 bridgehead atoms. The predicted molar refractivity (Wildman–Crippen MR) is 125 cm³/mol. The van der Waals surface area contributed by atoms with Crippen molar-refractivity contribution in [1.29, 1.82) is 0 Å². The van der Waals surface area contributed by atoms with Crippen molar-refractivity contribution in [2.75, 3.05) is 28.7 Å². The van der Waals surface area contributed by atoms with Crippen LogP contribution in [0.25, 0.3) is 0 Å². The van der Waals surface area contributed by atoms with Crippen LogP contribution in [0.15, 0.2) is 73.1 Å². The lowest BCUT2D eigenvalue weighted by Crippen LogP contribution is -2.28. The summed E-state index contributed by atoms with van der Waals surface area (Å²) >= 11 is 0. The summed E-state index contributed by atoms with van der Waals surface area (Å²) in [6, 6.07) is 17.3. The molecular formula is C25H24N4O4. The summed E-state index contributed by atoms with van der Waals surface area (Å²) in [5.41, 5.74) is 2.35. The molecule has 0 saturated carbocycles. The van der Waals surface area contributed by atoms with E-state index in [1.165, 1.54) is 0 Å². The molecular weight excluding hydrogens is 420 g/mol. The number of pyridine rings is 1. The van der Waals surface area contributed by atoms with E-state index in [1.54, 1.807) is 53.7 Å². The SMILES string of the molecule is CCOc1ccc(N2C[C@H](C(=O)Nc3ccc(C(=O)Nc4cccnc4)cc3)CC2=O)cc1. The molecule has 33 heavy (non-hydrogen) atoms. The van der Waals surface area contributed by atoms with Gasteiger partial charge in [0, 0.05) is 36.1 Å². The van der Waals surface area contributed by atoms with E-state index < -0.39 is 5.92 Å². The number of carbonyl (C=O) groups is 3. The highest BCUT2D eigenvalue weighted by Gasteiger charge is 2.35. The minimum atomic E-state index is -0.461. The van der Waals surface area contributed by atoms with Gasteiger partial charge in [0.25, 0.3) is 5.91 Å². The average Bonchev–Trinajstić information content (AvgIpc) is 3.23. The Kier molecular flexibility index (Phi) is 6.64. The Morgan fingerprint density at radius 2 is 1.79 bits per heavy atom. The summed E-state index contributed by atoms with van der Waals surface area (Å²) < 4.78 is 5.43. The third-order valence-corrected chi connectivity index (χ3v) is 5.29. The number of nitrogens with zero attached hydrogens (tertiary/aromatic N) is 2. The molecule has 2 heterocycles. The quantitative estimate of drug-likeness (QED) is 0.578. The van der Waals surface area contributed by atoms with Crippen LogP contribution in [-0.2, 0) is 9.59 Å². The van der Waals surface area contributed by atoms with E-state index >= 15 is 0 Å². The third-order valence-electron chi connectivity index (χ3n) is 5.29. The fourth-order valence-electron chi connectivity index (χ4n) is 3.61. The summed E-state index contributed by atoms with van der Waals surface area (Å²) in [6.07, 6.45) is 3.33. The Morgan fingerprint density at radius 1 is 1.03 bits per heavy atom. The Labute approximate surface area is 191 Å². The Hall–Kier alpha value is -4.20. The number of anilines is 3. The van der Waals surface area contributed by atoms with Crippen molar-refractivity contribution in [3.63, 3.8) is 0 Å². The van der Waals surface area contributed by atoms with Gasteiger partial charge in [-0.1, -0.05) is 0 Å². The monoisotopic (exact) mass is 444 g/mol. The molecule has 1 atom stereocenters. The minimum absolute atomic E-state index is 0.0956. The van der Waals surface area contributed by atoms with Crippen LogP contribution in [-0.4, -0.2) is 35.9 Å². The van der Waals surface area contributed by atoms with Crippen LogP contribution in [0.2, 0.25) is 0 Å². The maximum absolute atomic E-state index is 12.7. The van der Waals surface area contributed by atoms with Crippen LogP contribution in [0.3, 0.4) is 0 Å². The van der Waals surface area contributed by atoms with Crippen molar-refractivity contribution < 1.29 is 19.1 Å².